The van der Waals surface area contributed by atoms with Crippen LogP contribution in [0.5, 0.6) is 0 Å². The van der Waals surface area contributed by atoms with Gasteiger partial charge in [-0.2, -0.15) is 5.10 Å². The molecule has 2 aliphatic rings. The number of benzene rings is 2. The Labute approximate surface area is 204 Å². The molecule has 6 rings (SSSR count). The van der Waals surface area contributed by atoms with Crippen LogP contribution in [0.4, 0.5) is 23.0 Å². The van der Waals surface area contributed by atoms with Gasteiger partial charge in [0.1, 0.15) is 5.69 Å². The predicted octanol–water partition coefficient (Wildman–Crippen LogP) is 4.34. The molecule has 0 atom stereocenters. The summed E-state index contributed by atoms with van der Waals surface area (Å²) in [5.74, 6) is 1.21. The fourth-order valence-electron chi connectivity index (χ4n) is 4.43. The Morgan fingerprint density at radius 2 is 1.66 bits per heavy atom. The number of hydrazone groups is 1. The Bertz CT molecular complexity index is 1310. The summed E-state index contributed by atoms with van der Waals surface area (Å²) in [6.07, 6.45) is 3.53. The van der Waals surface area contributed by atoms with E-state index in [1.165, 1.54) is 5.69 Å². The van der Waals surface area contributed by atoms with Crippen molar-refractivity contribution in [1.82, 2.24) is 14.9 Å². The zero-order valence-electron chi connectivity index (χ0n) is 19.6. The molecule has 0 saturated carbocycles. The topological polar surface area (TPSA) is 73.0 Å². The predicted molar refractivity (Wildman–Crippen MR) is 138 cm³/mol. The van der Waals surface area contributed by atoms with Crippen molar-refractivity contribution in [3.63, 3.8) is 0 Å². The number of furan rings is 1. The molecule has 1 saturated heterocycles. The fourth-order valence-corrected chi connectivity index (χ4v) is 4.43. The average Bonchev–Trinajstić information content (AvgIpc) is 3.45. The third-order valence-electron chi connectivity index (χ3n) is 6.43. The molecule has 1 fully saturated rings. The molecule has 0 aliphatic carbocycles. The molecule has 2 aromatic carbocycles. The van der Waals surface area contributed by atoms with E-state index >= 15 is 0 Å². The fraction of sp³-hybridized carbons (Fsp3) is 0.222. The number of nitrogens with zero attached hydrogens (tertiary/aromatic N) is 6. The van der Waals surface area contributed by atoms with Crippen molar-refractivity contribution in [1.29, 1.82) is 0 Å². The molecule has 0 spiro atoms. The SMILES string of the molecule is CN1CCN(c2ccc(Nc3ncc4c(n3)C(c3ccco3)=NN(c3ccccc3)C4)cc2)CC1. The van der Waals surface area contributed by atoms with Crippen LogP contribution in [-0.2, 0) is 6.54 Å². The summed E-state index contributed by atoms with van der Waals surface area (Å²) in [6, 6.07) is 22.3. The first kappa shape index (κ1) is 21.4. The Kier molecular flexibility index (Phi) is 5.64. The van der Waals surface area contributed by atoms with Crippen molar-refractivity contribution in [2.75, 3.05) is 48.5 Å². The zero-order valence-corrected chi connectivity index (χ0v) is 19.6. The maximum atomic E-state index is 5.70. The second-order valence-corrected chi connectivity index (χ2v) is 8.85. The second-order valence-electron chi connectivity index (χ2n) is 8.85. The van der Waals surface area contributed by atoms with Gasteiger partial charge in [-0.1, -0.05) is 18.2 Å². The lowest BCUT2D eigenvalue weighted by molar-refractivity contribution is 0.313. The van der Waals surface area contributed by atoms with Crippen molar-refractivity contribution in [2.45, 2.75) is 6.54 Å². The van der Waals surface area contributed by atoms with E-state index in [0.717, 1.165) is 48.8 Å². The van der Waals surface area contributed by atoms with E-state index in [4.69, 9.17) is 14.5 Å². The molecule has 2 aliphatic heterocycles. The van der Waals surface area contributed by atoms with Gasteiger partial charge < -0.3 is 19.5 Å². The lowest BCUT2D eigenvalue weighted by atomic mass is 10.1. The Morgan fingerprint density at radius 3 is 2.40 bits per heavy atom. The molecule has 4 aromatic rings. The summed E-state index contributed by atoms with van der Waals surface area (Å²) in [6.45, 7) is 4.86. The zero-order chi connectivity index (χ0) is 23.6. The Balaban J connectivity index is 1.26. The Morgan fingerprint density at radius 1 is 0.857 bits per heavy atom. The molecule has 35 heavy (non-hydrogen) atoms. The van der Waals surface area contributed by atoms with Crippen LogP contribution < -0.4 is 15.2 Å². The number of hydrogen-bond donors (Lipinski definition) is 1. The van der Waals surface area contributed by atoms with Crippen molar-refractivity contribution in [2.24, 2.45) is 5.10 Å². The van der Waals surface area contributed by atoms with Crippen molar-refractivity contribution in [3.05, 3.63) is 96.2 Å². The molecular weight excluding hydrogens is 438 g/mol. The second kappa shape index (κ2) is 9.23. The van der Waals surface area contributed by atoms with Gasteiger partial charge in [0.15, 0.2) is 11.5 Å². The van der Waals surface area contributed by atoms with Gasteiger partial charge in [0, 0.05) is 49.3 Å². The smallest absolute Gasteiger partial charge is 0.227 e. The van der Waals surface area contributed by atoms with Crippen LogP contribution >= 0.6 is 0 Å². The molecule has 0 unspecified atom stereocenters. The number of para-hydroxylation sites is 1. The largest absolute Gasteiger partial charge is 0.463 e. The van der Waals surface area contributed by atoms with Crippen LogP contribution in [0.2, 0.25) is 0 Å². The van der Waals surface area contributed by atoms with Gasteiger partial charge in [-0.05, 0) is 55.6 Å². The highest BCUT2D eigenvalue weighted by Gasteiger charge is 2.25. The maximum absolute atomic E-state index is 5.70. The normalized spacial score (nSPS) is 16.1. The summed E-state index contributed by atoms with van der Waals surface area (Å²) in [7, 11) is 2.17. The van der Waals surface area contributed by atoms with Crippen LogP contribution in [0.25, 0.3) is 0 Å². The Hall–Kier alpha value is -4.17. The number of likely N-dealkylation sites (N-methyl/N-ethyl adjacent to an activating group) is 1. The van der Waals surface area contributed by atoms with Gasteiger partial charge in [-0.15, -0.1) is 0 Å². The lowest BCUT2D eigenvalue weighted by Gasteiger charge is -2.34. The van der Waals surface area contributed by atoms with E-state index in [9.17, 15) is 0 Å². The van der Waals surface area contributed by atoms with Gasteiger partial charge in [-0.3, -0.25) is 5.01 Å². The maximum Gasteiger partial charge on any atom is 0.227 e. The summed E-state index contributed by atoms with van der Waals surface area (Å²) in [5.41, 5.74) is 5.65. The molecule has 0 bridgehead atoms. The number of rotatable bonds is 5. The van der Waals surface area contributed by atoms with Gasteiger partial charge in [0.2, 0.25) is 5.95 Å². The third-order valence-corrected chi connectivity index (χ3v) is 6.43. The quantitative estimate of drug-likeness (QED) is 0.470. The lowest BCUT2D eigenvalue weighted by Crippen LogP contribution is -2.44. The summed E-state index contributed by atoms with van der Waals surface area (Å²) < 4.78 is 5.70. The van der Waals surface area contributed by atoms with Crippen molar-refractivity contribution < 1.29 is 4.42 Å². The number of fused-ring (bicyclic) bond motifs is 1. The minimum absolute atomic E-state index is 0.531. The molecule has 8 heteroatoms. The number of hydrogen-bond acceptors (Lipinski definition) is 8. The minimum atomic E-state index is 0.531. The van der Waals surface area contributed by atoms with Crippen LogP contribution in [0.1, 0.15) is 17.0 Å². The molecule has 0 radical (unpaired) electrons. The summed E-state index contributed by atoms with van der Waals surface area (Å²) in [4.78, 5) is 14.2. The molecule has 2 aromatic heterocycles. The highest BCUT2D eigenvalue weighted by Crippen LogP contribution is 2.27. The van der Waals surface area contributed by atoms with Crippen LogP contribution in [-0.4, -0.2) is 53.8 Å². The first-order valence-corrected chi connectivity index (χ1v) is 11.8. The van der Waals surface area contributed by atoms with E-state index < -0.39 is 0 Å². The molecular formula is C27H27N7O. The number of anilines is 4. The van der Waals surface area contributed by atoms with Crippen LogP contribution in [0, 0.1) is 0 Å². The highest BCUT2D eigenvalue weighted by molar-refractivity contribution is 6.12. The van der Waals surface area contributed by atoms with Gasteiger partial charge in [-0.25, -0.2) is 9.97 Å². The number of nitrogens with one attached hydrogen (secondary N) is 1. The number of piperazine rings is 1. The van der Waals surface area contributed by atoms with Crippen molar-refractivity contribution in [3.8, 4) is 0 Å². The molecule has 1 N–H and O–H groups in total. The van der Waals surface area contributed by atoms with Gasteiger partial charge in [0.05, 0.1) is 18.5 Å². The van der Waals surface area contributed by atoms with Crippen LogP contribution in [0.3, 0.4) is 0 Å². The van der Waals surface area contributed by atoms with Crippen molar-refractivity contribution >= 4 is 28.7 Å². The van der Waals surface area contributed by atoms with Gasteiger partial charge in [0.25, 0.3) is 0 Å². The highest BCUT2D eigenvalue weighted by atomic mass is 16.3. The third kappa shape index (κ3) is 4.48. The van der Waals surface area contributed by atoms with Crippen LogP contribution in [0.15, 0.2) is 88.7 Å². The first-order valence-electron chi connectivity index (χ1n) is 11.8. The standard InChI is InChI=1S/C27H27N7O/c1-32-13-15-33(16-14-32)22-11-9-21(10-12-22)29-27-28-18-20-19-34(23-6-3-2-4-7-23)31-26(25(20)30-27)24-8-5-17-35-24/h2-12,17-18H,13-16,19H2,1H3,(H,28,29,30). The molecule has 4 heterocycles. The minimum Gasteiger partial charge on any atom is -0.463 e. The van der Waals surface area contributed by atoms with E-state index in [1.807, 2.05) is 53.7 Å². The van der Waals surface area contributed by atoms with E-state index in [1.54, 1.807) is 6.26 Å². The van der Waals surface area contributed by atoms with E-state index in [-0.39, 0.29) is 0 Å². The summed E-state index contributed by atoms with van der Waals surface area (Å²) >= 11 is 0. The van der Waals surface area contributed by atoms with E-state index in [2.05, 4.69) is 51.4 Å². The number of aromatic nitrogens is 2. The average molecular weight is 466 g/mol. The monoisotopic (exact) mass is 465 g/mol. The summed E-state index contributed by atoms with van der Waals surface area (Å²) in [5, 5.41) is 10.2. The molecule has 8 nitrogen and oxygen atoms in total. The molecule has 0 amide bonds. The van der Waals surface area contributed by atoms with E-state index in [0.29, 0.717) is 24.0 Å². The first-order chi connectivity index (χ1) is 17.2. The molecule has 176 valence electrons. The van der Waals surface area contributed by atoms with Gasteiger partial charge >= 0.3 is 0 Å².